The second kappa shape index (κ2) is 22.3. The number of Topliss-reactive ketones (excluding diaryl/α,β-unsaturated/α-hetero) is 1. The zero-order valence-electron chi connectivity index (χ0n) is 37.2. The maximum atomic E-state index is 15.1. The molecule has 342 valence electrons. The number of likely N-dealkylation sites (tertiary alicyclic amines) is 2. The number of amides is 5. The number of hydrogen-bond acceptors (Lipinski definition) is 8. The third-order valence-corrected chi connectivity index (χ3v) is 13.1. The standard InChI is InChI=1S/C49H61F2N7O6/c1-30(52-3)45(60)55-40(48(63)57-28-35(50)26-42(57)44(59)25-34-19-13-17-32-15-9-11-20-37(32)34)22-7-5-6-8-23-41(56-46(61)31(2)53-4)49(64)58-29-36(51)27-43(58)47(62)54-39-24-14-18-33-16-10-12-21-38(33)39/h9-12,15-16,20-21,30-31,34-36,39-43,52-53H,13-14,17-19,22-29H2,1-4H3,(H,54,62)(H,55,60)(H,56,61)/t30-,31-,34-,35+,36-,39+,40-,41-,42-,43-/m0/s1. The van der Waals surface area contributed by atoms with Crippen LogP contribution in [0.5, 0.6) is 0 Å². The lowest BCUT2D eigenvalue weighted by Gasteiger charge is -2.31. The zero-order chi connectivity index (χ0) is 45.9. The van der Waals surface area contributed by atoms with Crippen molar-refractivity contribution in [1.82, 2.24) is 36.4 Å². The second-order valence-electron chi connectivity index (χ2n) is 17.4. The monoisotopic (exact) mass is 881 g/mol. The third-order valence-electron chi connectivity index (χ3n) is 13.1. The molecule has 64 heavy (non-hydrogen) atoms. The number of likely N-dealkylation sites (N-methyl/N-ethyl adjacent to an activating group) is 2. The molecule has 13 nitrogen and oxygen atoms in total. The van der Waals surface area contributed by atoms with Crippen LogP contribution < -0.4 is 26.6 Å². The Bertz CT molecular complexity index is 2030. The Balaban J connectivity index is 1.15. The predicted octanol–water partition coefficient (Wildman–Crippen LogP) is 3.11. The molecule has 5 amide bonds. The number of carbonyl (C=O) groups excluding carboxylic acids is 6. The smallest absolute Gasteiger partial charge is 0.246 e. The van der Waals surface area contributed by atoms with Gasteiger partial charge in [0.05, 0.1) is 37.3 Å². The first-order valence-electron chi connectivity index (χ1n) is 22.6. The largest absolute Gasteiger partial charge is 0.347 e. The number of nitrogens with one attached hydrogen (secondary N) is 5. The Morgan fingerprint density at radius 1 is 0.688 bits per heavy atom. The topological polar surface area (TPSA) is 169 Å². The van der Waals surface area contributed by atoms with Crippen LogP contribution >= 0.6 is 0 Å². The third kappa shape index (κ3) is 11.7. The van der Waals surface area contributed by atoms with E-state index in [9.17, 15) is 28.8 Å². The molecule has 4 aliphatic rings. The molecule has 2 aliphatic heterocycles. The van der Waals surface area contributed by atoms with Crippen LogP contribution in [-0.4, -0.2) is 121 Å². The van der Waals surface area contributed by atoms with E-state index in [0.29, 0.717) is 6.42 Å². The summed E-state index contributed by atoms with van der Waals surface area (Å²) in [7, 11) is 3.18. The molecule has 0 bridgehead atoms. The van der Waals surface area contributed by atoms with Gasteiger partial charge in [0.1, 0.15) is 30.5 Å². The number of ketones is 1. The van der Waals surface area contributed by atoms with Gasteiger partial charge in [-0.2, -0.15) is 0 Å². The van der Waals surface area contributed by atoms with Crippen LogP contribution in [0.1, 0.15) is 106 Å². The van der Waals surface area contributed by atoms with Crippen molar-refractivity contribution in [3.63, 3.8) is 0 Å². The number of nitrogens with zero attached hydrogens (tertiary/aromatic N) is 2. The van der Waals surface area contributed by atoms with Crippen LogP contribution in [0.25, 0.3) is 0 Å². The lowest BCUT2D eigenvalue weighted by atomic mass is 9.79. The first kappa shape index (κ1) is 47.8. The van der Waals surface area contributed by atoms with Crippen LogP contribution in [0.3, 0.4) is 0 Å². The molecule has 15 heteroatoms. The van der Waals surface area contributed by atoms with Crippen molar-refractivity contribution in [2.45, 2.75) is 145 Å². The second-order valence-corrected chi connectivity index (χ2v) is 17.4. The SMILES string of the molecule is CN[C@@H](C)C(=O)N[C@@H](CC#CC#CC[C@H](NC(=O)[C@H](C)NC)C(=O)N1C[C@@H](F)C[C@H]1C(=O)N[C@@H]1CCCc2ccccc21)C(=O)N1C[C@H](F)C[C@H]1C(=O)C[C@@H]1CCCc2ccccc21. The molecule has 2 aromatic carbocycles. The summed E-state index contributed by atoms with van der Waals surface area (Å²) in [5.41, 5.74) is 4.45. The van der Waals surface area contributed by atoms with Gasteiger partial charge in [-0.25, -0.2) is 8.78 Å². The van der Waals surface area contributed by atoms with Crippen LogP contribution in [0.4, 0.5) is 8.78 Å². The number of hydrogen-bond donors (Lipinski definition) is 5. The minimum atomic E-state index is -1.45. The summed E-state index contributed by atoms with van der Waals surface area (Å²) in [6.07, 6.45) is 1.71. The Kier molecular flexibility index (Phi) is 16.7. The molecule has 5 N–H and O–H groups in total. The molecule has 6 rings (SSSR count). The Labute approximate surface area is 375 Å². The van der Waals surface area contributed by atoms with Gasteiger partial charge in [-0.15, -0.1) is 0 Å². The summed E-state index contributed by atoms with van der Waals surface area (Å²) >= 11 is 0. The highest BCUT2D eigenvalue weighted by Gasteiger charge is 2.44. The maximum absolute atomic E-state index is 15.1. The van der Waals surface area contributed by atoms with Gasteiger partial charge in [0, 0.05) is 32.1 Å². The number of benzene rings is 2. The van der Waals surface area contributed by atoms with Crippen LogP contribution in [-0.2, 0) is 41.6 Å². The van der Waals surface area contributed by atoms with Gasteiger partial charge in [0.15, 0.2) is 5.78 Å². The first-order valence-corrected chi connectivity index (χ1v) is 22.6. The first-order chi connectivity index (χ1) is 30.8. The van der Waals surface area contributed by atoms with Crippen molar-refractivity contribution in [1.29, 1.82) is 0 Å². The van der Waals surface area contributed by atoms with E-state index in [-0.39, 0.29) is 62.9 Å². The molecule has 0 unspecified atom stereocenters. The quantitative estimate of drug-likeness (QED) is 0.170. The van der Waals surface area contributed by atoms with Gasteiger partial charge in [0.2, 0.25) is 29.5 Å². The molecule has 0 spiro atoms. The number of rotatable bonds is 15. The van der Waals surface area contributed by atoms with Gasteiger partial charge in [-0.3, -0.25) is 28.8 Å². The molecule has 2 aliphatic carbocycles. The fourth-order valence-corrected chi connectivity index (χ4v) is 9.28. The van der Waals surface area contributed by atoms with Crippen LogP contribution in [0.2, 0.25) is 0 Å². The fourth-order valence-electron chi connectivity index (χ4n) is 9.28. The zero-order valence-corrected chi connectivity index (χ0v) is 37.2. The van der Waals surface area contributed by atoms with Gasteiger partial charge in [0.25, 0.3) is 0 Å². The fraction of sp³-hybridized carbons (Fsp3) is 0.551. The molecule has 0 saturated carbocycles. The summed E-state index contributed by atoms with van der Waals surface area (Å²) in [5.74, 6) is 7.91. The summed E-state index contributed by atoms with van der Waals surface area (Å²) in [6.45, 7) is 2.61. The molecular weight excluding hydrogens is 821 g/mol. The van der Waals surface area contributed by atoms with E-state index in [0.717, 1.165) is 48.8 Å². The molecule has 2 fully saturated rings. The summed E-state index contributed by atoms with van der Waals surface area (Å²) in [6, 6.07) is 9.68. The van der Waals surface area contributed by atoms with Gasteiger partial charge in [-0.05, 0) is 106 Å². The summed E-state index contributed by atoms with van der Waals surface area (Å²) in [4.78, 5) is 84.3. The van der Waals surface area contributed by atoms with Crippen molar-refractivity contribution in [3.8, 4) is 23.7 Å². The lowest BCUT2D eigenvalue weighted by molar-refractivity contribution is -0.141. The Morgan fingerprint density at radius 2 is 1.17 bits per heavy atom. The normalized spacial score (nSPS) is 24.2. The summed E-state index contributed by atoms with van der Waals surface area (Å²) < 4.78 is 30.1. The molecule has 2 saturated heterocycles. The van der Waals surface area contributed by atoms with Crippen molar-refractivity contribution < 1.29 is 37.5 Å². The number of fused-ring (bicyclic) bond motifs is 2. The minimum Gasteiger partial charge on any atom is -0.347 e. The number of carbonyl (C=O) groups is 6. The minimum absolute atomic E-state index is 0.0266. The molecule has 10 atom stereocenters. The van der Waals surface area contributed by atoms with Crippen molar-refractivity contribution in [2.75, 3.05) is 27.2 Å². The average molecular weight is 882 g/mol. The van der Waals surface area contributed by atoms with Gasteiger partial charge >= 0.3 is 0 Å². The van der Waals surface area contributed by atoms with Crippen molar-refractivity contribution >= 4 is 35.3 Å². The van der Waals surface area contributed by atoms with Crippen molar-refractivity contribution in [3.05, 3.63) is 70.8 Å². The van der Waals surface area contributed by atoms with E-state index in [4.69, 9.17) is 0 Å². The molecular formula is C49H61F2N7O6. The van der Waals surface area contributed by atoms with Crippen LogP contribution in [0.15, 0.2) is 48.5 Å². The van der Waals surface area contributed by atoms with Gasteiger partial charge in [-0.1, -0.05) is 60.4 Å². The van der Waals surface area contributed by atoms with E-state index < -0.39 is 78.1 Å². The van der Waals surface area contributed by atoms with Crippen molar-refractivity contribution in [2.24, 2.45) is 0 Å². The summed E-state index contributed by atoms with van der Waals surface area (Å²) in [5, 5.41) is 14.1. The number of aryl methyl sites for hydroxylation is 2. The Hall–Kier alpha value is -5.64. The van der Waals surface area contributed by atoms with E-state index in [1.54, 1.807) is 27.9 Å². The predicted molar refractivity (Wildman–Crippen MR) is 238 cm³/mol. The van der Waals surface area contributed by atoms with E-state index in [2.05, 4.69) is 56.3 Å². The Morgan fingerprint density at radius 3 is 1.73 bits per heavy atom. The van der Waals surface area contributed by atoms with E-state index in [1.165, 1.54) is 15.4 Å². The molecule has 0 aromatic heterocycles. The number of halogens is 2. The number of alkyl halides is 2. The molecule has 2 aromatic rings. The van der Waals surface area contributed by atoms with Gasteiger partial charge < -0.3 is 36.4 Å². The maximum Gasteiger partial charge on any atom is 0.246 e. The van der Waals surface area contributed by atoms with E-state index in [1.807, 2.05) is 42.5 Å². The highest BCUT2D eigenvalue weighted by molar-refractivity contribution is 5.95. The lowest BCUT2D eigenvalue weighted by Crippen LogP contribution is -2.55. The highest BCUT2D eigenvalue weighted by Crippen LogP contribution is 2.36. The average Bonchev–Trinajstić information content (AvgIpc) is 3.90. The molecule has 2 heterocycles. The highest BCUT2D eigenvalue weighted by atomic mass is 19.1. The van der Waals surface area contributed by atoms with Crippen LogP contribution in [0, 0.1) is 23.7 Å². The van der Waals surface area contributed by atoms with E-state index >= 15 is 8.78 Å². The molecule has 0 radical (unpaired) electrons.